The first-order chi connectivity index (χ1) is 12.2. The Labute approximate surface area is 156 Å². The first kappa shape index (κ1) is 19.8. The summed E-state index contributed by atoms with van der Waals surface area (Å²) in [6, 6.07) is 8.54. The molecule has 0 saturated heterocycles. The van der Waals surface area contributed by atoms with Gasteiger partial charge in [-0.05, 0) is 42.0 Å². The van der Waals surface area contributed by atoms with Crippen molar-refractivity contribution in [2.45, 2.75) is 6.18 Å². The number of benzene rings is 2. The Morgan fingerprint density at radius 2 is 1.77 bits per heavy atom. The monoisotopic (exact) mass is 429 g/mol. The van der Waals surface area contributed by atoms with Gasteiger partial charge < -0.3 is 14.8 Å². The Bertz CT molecular complexity index is 835. The van der Waals surface area contributed by atoms with Crippen molar-refractivity contribution < 1.29 is 27.4 Å². The largest absolute Gasteiger partial charge is 0.493 e. The Balaban J connectivity index is 2.13. The first-order valence-electron chi connectivity index (χ1n) is 7.32. The summed E-state index contributed by atoms with van der Waals surface area (Å²) in [6.45, 7) is 0. The third kappa shape index (κ3) is 5.01. The maximum atomic E-state index is 12.9. The van der Waals surface area contributed by atoms with Crippen molar-refractivity contribution in [3.05, 3.63) is 58.1 Å². The third-order valence-corrected chi connectivity index (χ3v) is 4.07. The lowest BCUT2D eigenvalue weighted by atomic mass is 10.1. The average Bonchev–Trinajstić information content (AvgIpc) is 2.60. The van der Waals surface area contributed by atoms with E-state index in [1.807, 2.05) is 0 Å². The lowest BCUT2D eigenvalue weighted by molar-refractivity contribution is -0.138. The Morgan fingerprint density at radius 1 is 1.08 bits per heavy atom. The number of anilines is 1. The molecular formula is C18H15BrF3NO3. The minimum atomic E-state index is -4.52. The molecule has 0 heterocycles. The van der Waals surface area contributed by atoms with Gasteiger partial charge in [0.2, 0.25) is 5.91 Å². The van der Waals surface area contributed by atoms with E-state index in [0.29, 0.717) is 17.1 Å². The zero-order valence-corrected chi connectivity index (χ0v) is 15.4. The second-order valence-corrected chi connectivity index (χ2v) is 5.98. The summed E-state index contributed by atoms with van der Waals surface area (Å²) in [4.78, 5) is 12.0. The maximum Gasteiger partial charge on any atom is 0.417 e. The van der Waals surface area contributed by atoms with E-state index in [1.54, 1.807) is 18.2 Å². The Morgan fingerprint density at radius 3 is 2.38 bits per heavy atom. The second kappa shape index (κ2) is 8.27. The van der Waals surface area contributed by atoms with E-state index >= 15 is 0 Å². The molecule has 0 radical (unpaired) electrons. The summed E-state index contributed by atoms with van der Waals surface area (Å²) >= 11 is 2.85. The quantitative estimate of drug-likeness (QED) is 0.669. The molecule has 26 heavy (non-hydrogen) atoms. The number of hydrogen-bond acceptors (Lipinski definition) is 3. The van der Waals surface area contributed by atoms with Gasteiger partial charge in [0, 0.05) is 16.2 Å². The highest BCUT2D eigenvalue weighted by Gasteiger charge is 2.33. The number of ether oxygens (including phenoxy) is 2. The second-order valence-electron chi connectivity index (χ2n) is 5.13. The number of nitrogens with one attached hydrogen (secondary N) is 1. The van der Waals surface area contributed by atoms with Crippen molar-refractivity contribution in [3.8, 4) is 11.5 Å². The average molecular weight is 430 g/mol. The summed E-state index contributed by atoms with van der Waals surface area (Å²) in [7, 11) is 3.00. The first-order valence-corrected chi connectivity index (χ1v) is 8.11. The highest BCUT2D eigenvalue weighted by Crippen LogP contribution is 2.36. The fourth-order valence-electron chi connectivity index (χ4n) is 2.13. The van der Waals surface area contributed by atoms with Crippen LogP contribution in [0.15, 0.2) is 46.9 Å². The molecule has 138 valence electrons. The lowest BCUT2D eigenvalue weighted by Gasteiger charge is -2.11. The van der Waals surface area contributed by atoms with E-state index in [4.69, 9.17) is 9.47 Å². The van der Waals surface area contributed by atoms with E-state index < -0.39 is 17.6 Å². The zero-order chi connectivity index (χ0) is 19.3. The molecule has 0 fully saturated rings. The molecule has 1 amide bonds. The molecule has 8 heteroatoms. The standard InChI is InChI=1S/C18H15BrF3NO3/c1-25-15-7-3-11(9-16(15)26-2)4-8-17(24)23-12-5-6-14(19)13(10-12)18(20,21)22/h3-10H,1-2H3,(H,23,24)/b8-4+. The molecule has 0 aliphatic rings. The van der Waals surface area contributed by atoms with Gasteiger partial charge in [-0.3, -0.25) is 4.79 Å². The van der Waals surface area contributed by atoms with E-state index in [-0.39, 0.29) is 10.2 Å². The molecule has 0 bridgehead atoms. The number of carbonyl (C=O) groups excluding carboxylic acids is 1. The van der Waals surface area contributed by atoms with Crippen LogP contribution in [0.5, 0.6) is 11.5 Å². The molecular weight excluding hydrogens is 415 g/mol. The van der Waals surface area contributed by atoms with Gasteiger partial charge in [0.25, 0.3) is 0 Å². The van der Waals surface area contributed by atoms with Gasteiger partial charge in [-0.25, -0.2) is 0 Å². The summed E-state index contributed by atoms with van der Waals surface area (Å²) in [5.41, 5.74) is -0.147. The van der Waals surface area contributed by atoms with Crippen molar-refractivity contribution in [3.63, 3.8) is 0 Å². The lowest BCUT2D eigenvalue weighted by Crippen LogP contribution is -2.11. The van der Waals surface area contributed by atoms with Crippen molar-refractivity contribution in [2.24, 2.45) is 0 Å². The molecule has 0 unspecified atom stereocenters. The van der Waals surface area contributed by atoms with Crippen LogP contribution in [0.1, 0.15) is 11.1 Å². The Hall–Kier alpha value is -2.48. The van der Waals surface area contributed by atoms with Crippen LogP contribution in [0, 0.1) is 0 Å². The normalized spacial score (nSPS) is 11.5. The molecule has 0 saturated carbocycles. The van der Waals surface area contributed by atoms with Crippen LogP contribution in [0.3, 0.4) is 0 Å². The van der Waals surface area contributed by atoms with Gasteiger partial charge in [0.05, 0.1) is 19.8 Å². The minimum absolute atomic E-state index is 0.0440. The van der Waals surface area contributed by atoms with Crippen molar-refractivity contribution in [1.82, 2.24) is 0 Å². The number of hydrogen-bond donors (Lipinski definition) is 1. The van der Waals surface area contributed by atoms with Crippen LogP contribution in [0.25, 0.3) is 6.08 Å². The predicted octanol–water partition coefficient (Wildman–Crippen LogP) is 5.14. The fourth-order valence-corrected chi connectivity index (χ4v) is 2.60. The molecule has 2 aromatic rings. The summed E-state index contributed by atoms with van der Waals surface area (Å²) < 4.78 is 48.9. The van der Waals surface area contributed by atoms with Crippen LogP contribution in [0.4, 0.5) is 18.9 Å². The van der Waals surface area contributed by atoms with E-state index in [9.17, 15) is 18.0 Å². The number of halogens is 4. The topological polar surface area (TPSA) is 47.6 Å². The van der Waals surface area contributed by atoms with Crippen LogP contribution >= 0.6 is 15.9 Å². The van der Waals surface area contributed by atoms with Crippen molar-refractivity contribution in [1.29, 1.82) is 0 Å². The third-order valence-electron chi connectivity index (χ3n) is 3.37. The van der Waals surface area contributed by atoms with E-state index in [1.165, 1.54) is 38.5 Å². The molecule has 0 aliphatic carbocycles. The highest BCUT2D eigenvalue weighted by atomic mass is 79.9. The van der Waals surface area contributed by atoms with E-state index in [2.05, 4.69) is 21.2 Å². The number of amides is 1. The molecule has 2 rings (SSSR count). The maximum absolute atomic E-state index is 12.9. The van der Waals surface area contributed by atoms with Gasteiger partial charge in [-0.1, -0.05) is 22.0 Å². The fraction of sp³-hybridized carbons (Fsp3) is 0.167. The summed E-state index contributed by atoms with van der Waals surface area (Å²) in [5, 5.41) is 2.40. The minimum Gasteiger partial charge on any atom is -0.493 e. The van der Waals surface area contributed by atoms with Gasteiger partial charge in [0.15, 0.2) is 11.5 Å². The molecule has 4 nitrogen and oxygen atoms in total. The van der Waals surface area contributed by atoms with Crippen LogP contribution in [-0.2, 0) is 11.0 Å². The smallest absolute Gasteiger partial charge is 0.417 e. The molecule has 0 atom stereocenters. The molecule has 0 aromatic heterocycles. The number of alkyl halides is 3. The van der Waals surface area contributed by atoms with Crippen molar-refractivity contribution >= 4 is 33.6 Å². The predicted molar refractivity (Wildman–Crippen MR) is 96.4 cm³/mol. The van der Waals surface area contributed by atoms with Crippen LogP contribution < -0.4 is 14.8 Å². The summed E-state index contributed by atoms with van der Waals surface area (Å²) in [5.74, 6) is 0.483. The highest BCUT2D eigenvalue weighted by molar-refractivity contribution is 9.10. The van der Waals surface area contributed by atoms with E-state index in [0.717, 1.165) is 6.07 Å². The SMILES string of the molecule is COc1ccc(/C=C/C(=O)Nc2ccc(Br)c(C(F)(F)F)c2)cc1OC. The van der Waals surface area contributed by atoms with Gasteiger partial charge in [-0.2, -0.15) is 13.2 Å². The van der Waals surface area contributed by atoms with Crippen LogP contribution in [-0.4, -0.2) is 20.1 Å². The number of methoxy groups -OCH3 is 2. The zero-order valence-electron chi connectivity index (χ0n) is 13.9. The van der Waals surface area contributed by atoms with Gasteiger partial charge >= 0.3 is 6.18 Å². The molecule has 1 N–H and O–H groups in total. The molecule has 2 aromatic carbocycles. The Kier molecular flexibility index (Phi) is 6.31. The van der Waals surface area contributed by atoms with Gasteiger partial charge in [-0.15, -0.1) is 0 Å². The molecule has 0 aliphatic heterocycles. The van der Waals surface area contributed by atoms with Crippen LogP contribution in [0.2, 0.25) is 0 Å². The number of carbonyl (C=O) groups is 1. The van der Waals surface area contributed by atoms with Crippen molar-refractivity contribution in [2.75, 3.05) is 19.5 Å². The van der Waals surface area contributed by atoms with Gasteiger partial charge in [0.1, 0.15) is 0 Å². The molecule has 0 spiro atoms. The number of rotatable bonds is 5. The summed E-state index contributed by atoms with van der Waals surface area (Å²) in [6.07, 6.45) is -1.79.